The minimum atomic E-state index is -1.99. The average Bonchev–Trinajstić information content (AvgIpc) is 2.26. The highest BCUT2D eigenvalue weighted by atomic mass is 31.1. The summed E-state index contributed by atoms with van der Waals surface area (Å²) in [6.45, 7) is 36.4. The standard InChI is InChI=1S/C58H30N16O4P4/c1-7-9-35-27-45(75-79-67-19-11-37(31-59)51(67)52-38(32-60)12-20-68(52)79)49(46(28-35)76-80-69-21-13-39(33-61)53(69)55-41(63-3)15-23-71(55)80)50-47(77-81-70-22-14-40(34-62)54(70)56-42(64-4)16-24-72(56)81)29-36(10-8-2)30-48(50)78-82-73-25-17-43(65-5)57(73)58-44(66-6)18-26-74(58)82/h7-30H,1-2H3/b9-7+,10-8+. The summed E-state index contributed by atoms with van der Waals surface area (Å²) >= 11 is 0. The zero-order valence-corrected chi connectivity index (χ0v) is 46.0. The molecule has 14 aromatic rings. The summed E-state index contributed by atoms with van der Waals surface area (Å²) in [7, 11) is -7.95. The van der Waals surface area contributed by atoms with Gasteiger partial charge in [-0.15, -0.1) is 0 Å². The van der Waals surface area contributed by atoms with Crippen molar-refractivity contribution in [3.05, 3.63) is 214 Å². The topological polar surface area (TPSA) is 185 Å². The summed E-state index contributed by atoms with van der Waals surface area (Å²) in [5.74, 6) is 0.991. The molecule has 0 spiro atoms. The molecule has 2 unspecified atom stereocenters. The second-order valence-corrected chi connectivity index (χ2v) is 24.5. The molecule has 0 N–H and O–H groups in total. The number of benzene rings is 2. The number of hydrogen-bond acceptors (Lipinski definition) is 8. The summed E-state index contributed by atoms with van der Waals surface area (Å²) < 4.78 is 45.0. The molecule has 0 saturated carbocycles. The van der Waals surface area contributed by atoms with Crippen LogP contribution < -0.4 is 18.1 Å². The Morgan fingerprint density at radius 3 is 0.817 bits per heavy atom. The van der Waals surface area contributed by atoms with E-state index in [1.807, 2.05) is 95.7 Å². The van der Waals surface area contributed by atoms with Crippen LogP contribution in [0.25, 0.3) is 86.8 Å². The van der Waals surface area contributed by atoms with Crippen molar-refractivity contribution in [2.75, 3.05) is 0 Å². The van der Waals surface area contributed by atoms with Crippen molar-refractivity contribution in [1.82, 2.24) is 33.3 Å². The molecule has 12 aromatic heterocycles. The van der Waals surface area contributed by atoms with E-state index in [9.17, 15) is 21.0 Å². The second-order valence-electron chi connectivity index (χ2n) is 18.3. The predicted octanol–water partition coefficient (Wildman–Crippen LogP) is 16.4. The maximum absolute atomic E-state index is 10.4. The molecule has 0 radical (unpaired) electrons. The van der Waals surface area contributed by atoms with Gasteiger partial charge in [-0.25, -0.2) is 19.4 Å². The Bertz CT molecular complexity index is 4650. The van der Waals surface area contributed by atoms with Crippen LogP contribution >= 0.6 is 32.3 Å². The monoisotopic (exact) mass is 1140 g/mol. The van der Waals surface area contributed by atoms with Crippen LogP contribution in [0.3, 0.4) is 0 Å². The van der Waals surface area contributed by atoms with Crippen LogP contribution in [0.5, 0.6) is 23.0 Å². The molecular weight excluding hydrogens is 1110 g/mol. The van der Waals surface area contributed by atoms with Crippen molar-refractivity contribution >= 4 is 111 Å². The van der Waals surface area contributed by atoms with E-state index in [0.29, 0.717) is 111 Å². The Hall–Kier alpha value is -11.5. The molecule has 14 rings (SSSR count). The van der Waals surface area contributed by atoms with Crippen molar-refractivity contribution in [3.8, 4) is 58.4 Å². The number of rotatable bonds is 11. The maximum Gasteiger partial charge on any atom is 0.245 e. The molecule has 12 heterocycles. The number of fused-ring (bicyclic) bond motifs is 12. The van der Waals surface area contributed by atoms with Gasteiger partial charge >= 0.3 is 0 Å². The number of nitrogens with zero attached hydrogens (tertiary/aromatic N) is 16. The van der Waals surface area contributed by atoms with Crippen LogP contribution in [0.2, 0.25) is 0 Å². The fourth-order valence-electron chi connectivity index (χ4n) is 10.8. The second kappa shape index (κ2) is 18.6. The molecule has 82 heavy (non-hydrogen) atoms. The van der Waals surface area contributed by atoms with Crippen LogP contribution in [0.1, 0.15) is 47.2 Å². The molecule has 0 bridgehead atoms. The van der Waals surface area contributed by atoms with Gasteiger partial charge in [-0.1, -0.05) is 24.3 Å². The third-order valence-corrected chi connectivity index (χ3v) is 21.1. The predicted molar refractivity (Wildman–Crippen MR) is 314 cm³/mol. The lowest BCUT2D eigenvalue weighted by molar-refractivity contribution is 0.577. The van der Waals surface area contributed by atoms with Gasteiger partial charge < -0.3 is 18.1 Å². The first-order valence-electron chi connectivity index (χ1n) is 24.6. The summed E-state index contributed by atoms with van der Waals surface area (Å²) in [4.78, 5) is 15.4. The van der Waals surface area contributed by atoms with Gasteiger partial charge in [0.2, 0.25) is 55.1 Å². The van der Waals surface area contributed by atoms with E-state index in [1.54, 1.807) is 98.1 Å². The van der Waals surface area contributed by atoms with E-state index >= 15 is 0 Å². The van der Waals surface area contributed by atoms with Crippen molar-refractivity contribution in [2.24, 2.45) is 0 Å². The Labute approximate surface area is 467 Å². The fourth-order valence-corrected chi connectivity index (χ4v) is 18.0. The van der Waals surface area contributed by atoms with Gasteiger partial charge in [-0.3, -0.25) is 33.3 Å². The minimum absolute atomic E-state index is 0.246. The average molecular weight is 1140 g/mol. The zero-order chi connectivity index (χ0) is 56.2. The normalized spacial score (nSPS) is 12.0. The minimum Gasteiger partial charge on any atom is -0.416 e. The highest BCUT2D eigenvalue weighted by Crippen LogP contribution is 2.58. The lowest BCUT2D eigenvalue weighted by Gasteiger charge is -2.22. The van der Waals surface area contributed by atoms with Gasteiger partial charge in [0.25, 0.3) is 0 Å². The Morgan fingerprint density at radius 1 is 0.366 bits per heavy atom. The van der Waals surface area contributed by atoms with Gasteiger partial charge in [-0.05, 0) is 97.8 Å². The smallest absolute Gasteiger partial charge is 0.245 e. The summed E-state index contributed by atoms with van der Waals surface area (Å²) in [5.41, 5.74) is 8.77. The number of allylic oxidation sites excluding steroid dienone is 2. The Kier molecular flexibility index (Phi) is 11.1. The third kappa shape index (κ3) is 6.78. The van der Waals surface area contributed by atoms with E-state index in [4.69, 9.17) is 44.4 Å². The first kappa shape index (κ1) is 48.8. The lowest BCUT2D eigenvalue weighted by Crippen LogP contribution is -2.01. The molecule has 0 aliphatic rings. The highest BCUT2D eigenvalue weighted by Gasteiger charge is 2.33. The van der Waals surface area contributed by atoms with Gasteiger partial charge in [-0.2, -0.15) is 21.0 Å². The zero-order valence-electron chi connectivity index (χ0n) is 42.4. The quantitative estimate of drug-likeness (QED) is 0.115. The van der Waals surface area contributed by atoms with Crippen LogP contribution in [-0.2, 0) is 0 Å². The molecule has 0 amide bonds. The van der Waals surface area contributed by atoms with Crippen LogP contribution in [0.15, 0.2) is 135 Å². The molecule has 0 saturated heterocycles. The molecular formula is C58H30N16O4P4. The number of nitriles is 4. The Balaban J connectivity index is 1.14. The van der Waals surface area contributed by atoms with Crippen LogP contribution in [0, 0.1) is 71.6 Å². The molecule has 0 aliphatic carbocycles. The third-order valence-electron chi connectivity index (χ3n) is 14.0. The van der Waals surface area contributed by atoms with Crippen molar-refractivity contribution in [3.63, 3.8) is 0 Å². The molecule has 2 atom stereocenters. The first-order chi connectivity index (χ1) is 40.2. The molecule has 0 fully saturated rings. The van der Waals surface area contributed by atoms with E-state index in [-0.39, 0.29) is 23.0 Å². The highest BCUT2D eigenvalue weighted by molar-refractivity contribution is 7.39. The molecule has 20 nitrogen and oxygen atoms in total. The van der Waals surface area contributed by atoms with Gasteiger partial charge in [0.15, 0.2) is 0 Å². The van der Waals surface area contributed by atoms with E-state index < -0.39 is 32.3 Å². The van der Waals surface area contributed by atoms with Crippen molar-refractivity contribution in [1.29, 1.82) is 21.0 Å². The summed E-state index contributed by atoms with van der Waals surface area (Å²) in [6.07, 6.45) is 21.7. The summed E-state index contributed by atoms with van der Waals surface area (Å²) in [5, 5.41) is 41.8. The molecule has 2 aromatic carbocycles. The first-order valence-corrected chi connectivity index (χ1v) is 29.3. The van der Waals surface area contributed by atoms with E-state index in [0.717, 1.165) is 0 Å². The largest absolute Gasteiger partial charge is 0.416 e. The molecule has 0 aliphatic heterocycles. The summed E-state index contributed by atoms with van der Waals surface area (Å²) in [6, 6.07) is 30.2. The number of hydrogen-bond donors (Lipinski definition) is 0. The SMILES string of the molecule is [C-]#[N+]c1ccn2c1c1c(C#N)ccn1p2Oc1cc(/C=C/C)cc(Op2n3ccc(C#N)c3c3c(C#N)ccn32)c1-c1c(Op2n3ccc(C#N)c3c3c([N+]#[C-])ccn32)cc(/C=C/C)cc1Op1n2ccc([N+]#[C-])c2c2c([N+]#[C-])ccn21. The molecule has 386 valence electrons. The fraction of sp³-hybridized carbons (Fsp3) is 0.0345. The van der Waals surface area contributed by atoms with Gasteiger partial charge in [0.1, 0.15) is 47.3 Å². The van der Waals surface area contributed by atoms with Gasteiger partial charge in [0.05, 0.1) is 104 Å². The van der Waals surface area contributed by atoms with Crippen molar-refractivity contribution < 1.29 is 18.1 Å². The lowest BCUT2D eigenvalue weighted by atomic mass is 9.97. The number of aromatic nitrogens is 8. The van der Waals surface area contributed by atoms with Gasteiger partial charge in [0, 0.05) is 49.6 Å². The van der Waals surface area contributed by atoms with Crippen LogP contribution in [0.4, 0.5) is 22.7 Å². The van der Waals surface area contributed by atoms with Crippen molar-refractivity contribution in [2.45, 2.75) is 13.8 Å². The maximum atomic E-state index is 10.4. The van der Waals surface area contributed by atoms with Crippen LogP contribution in [-0.4, -0.2) is 33.3 Å². The Morgan fingerprint density at radius 2 is 0.585 bits per heavy atom. The molecule has 24 heteroatoms. The van der Waals surface area contributed by atoms with E-state index in [1.165, 1.54) is 0 Å². The van der Waals surface area contributed by atoms with E-state index in [2.05, 4.69) is 43.7 Å².